The van der Waals surface area contributed by atoms with Crippen LogP contribution < -0.4 is 5.32 Å². The van der Waals surface area contributed by atoms with E-state index >= 15 is 0 Å². The van der Waals surface area contributed by atoms with E-state index < -0.39 is 0 Å². The van der Waals surface area contributed by atoms with Crippen LogP contribution in [0.5, 0.6) is 0 Å². The number of rotatable bonds is 3. The van der Waals surface area contributed by atoms with Gasteiger partial charge in [-0.2, -0.15) is 0 Å². The molecule has 5 rings (SSSR count). The molecule has 0 bridgehead atoms. The first-order valence-corrected chi connectivity index (χ1v) is 11.0. The van der Waals surface area contributed by atoms with Crippen molar-refractivity contribution in [1.82, 2.24) is 9.97 Å². The second kappa shape index (κ2) is 7.02. The molecule has 0 saturated heterocycles. The van der Waals surface area contributed by atoms with E-state index in [9.17, 15) is 0 Å². The summed E-state index contributed by atoms with van der Waals surface area (Å²) in [6.07, 6.45) is 8.36. The van der Waals surface area contributed by atoms with E-state index in [1.165, 1.54) is 42.5 Å². The average molecular weight is 374 g/mol. The minimum Gasteiger partial charge on any atom is -0.372 e. The van der Waals surface area contributed by atoms with Crippen molar-refractivity contribution in [2.75, 3.05) is 12.4 Å². The minimum atomic E-state index is 0.712. The molecule has 0 amide bonds. The van der Waals surface area contributed by atoms with E-state index in [0.29, 0.717) is 5.92 Å². The fraction of sp³-hybridized carbons (Fsp3) is 0.520. The van der Waals surface area contributed by atoms with Gasteiger partial charge in [-0.15, -0.1) is 0 Å². The predicted molar refractivity (Wildman–Crippen MR) is 115 cm³/mol. The molecule has 146 valence electrons. The highest BCUT2D eigenvalue weighted by Crippen LogP contribution is 2.49. The zero-order chi connectivity index (χ0) is 19.3. The number of hydrogen-bond acceptors (Lipinski definition) is 3. The van der Waals surface area contributed by atoms with Gasteiger partial charge >= 0.3 is 0 Å². The second-order valence-corrected chi connectivity index (χ2v) is 9.28. The van der Waals surface area contributed by atoms with Crippen LogP contribution in [0.1, 0.15) is 56.5 Å². The number of aromatic nitrogens is 2. The molecule has 2 aromatic rings. The fourth-order valence-electron chi connectivity index (χ4n) is 5.66. The van der Waals surface area contributed by atoms with Crippen molar-refractivity contribution >= 4 is 5.82 Å². The summed E-state index contributed by atoms with van der Waals surface area (Å²) in [5.41, 5.74) is 9.58. The molecular weight excluding hydrogens is 342 g/mol. The Hall–Kier alpha value is -2.16. The number of benzene rings is 1. The summed E-state index contributed by atoms with van der Waals surface area (Å²) in [5.74, 6) is 3.32. The van der Waals surface area contributed by atoms with E-state index in [-0.39, 0.29) is 0 Å². The standard InChI is InChI=1S/C25H31N3/c1-15-10-16(2)21-14-19(21)12-17(11-15)13-23-25(26-3)28-22-9-8-18-6-4-5-7-20(18)24(22)27-23/h4-7,15,17,19H,8-14H2,1-3H3,(H,26,28)/b21-16+. The summed E-state index contributed by atoms with van der Waals surface area (Å²) >= 11 is 0. The maximum atomic E-state index is 5.22. The normalized spacial score (nSPS) is 28.5. The largest absolute Gasteiger partial charge is 0.372 e. The van der Waals surface area contributed by atoms with Crippen LogP contribution in [0.2, 0.25) is 0 Å². The van der Waals surface area contributed by atoms with E-state index in [0.717, 1.165) is 48.3 Å². The van der Waals surface area contributed by atoms with Crippen LogP contribution in [0.3, 0.4) is 0 Å². The summed E-state index contributed by atoms with van der Waals surface area (Å²) in [6.45, 7) is 4.78. The van der Waals surface area contributed by atoms with Gasteiger partial charge in [0.2, 0.25) is 0 Å². The molecular formula is C25H31N3. The van der Waals surface area contributed by atoms with Crippen molar-refractivity contribution in [1.29, 1.82) is 0 Å². The van der Waals surface area contributed by atoms with Crippen molar-refractivity contribution < 1.29 is 0 Å². The van der Waals surface area contributed by atoms with Crippen molar-refractivity contribution in [3.8, 4) is 11.3 Å². The van der Waals surface area contributed by atoms with Crippen molar-refractivity contribution in [2.45, 2.75) is 58.8 Å². The lowest BCUT2D eigenvalue weighted by Crippen LogP contribution is -2.17. The number of hydrogen-bond donors (Lipinski definition) is 1. The van der Waals surface area contributed by atoms with Crippen molar-refractivity contribution in [3.63, 3.8) is 0 Å². The highest BCUT2D eigenvalue weighted by atomic mass is 15.0. The zero-order valence-corrected chi connectivity index (χ0v) is 17.4. The van der Waals surface area contributed by atoms with Gasteiger partial charge in [-0.05, 0) is 75.2 Å². The number of nitrogens with zero attached hydrogens (tertiary/aromatic N) is 2. The smallest absolute Gasteiger partial charge is 0.147 e. The van der Waals surface area contributed by atoms with Crippen LogP contribution in [0.25, 0.3) is 11.3 Å². The van der Waals surface area contributed by atoms with Crippen molar-refractivity contribution in [3.05, 3.63) is 52.4 Å². The molecule has 3 heteroatoms. The highest BCUT2D eigenvalue weighted by molar-refractivity contribution is 5.69. The van der Waals surface area contributed by atoms with Gasteiger partial charge in [0.15, 0.2) is 0 Å². The summed E-state index contributed by atoms with van der Waals surface area (Å²) in [6, 6.07) is 8.72. The molecule has 3 atom stereocenters. The Labute approximate surface area is 168 Å². The molecule has 1 saturated carbocycles. The number of anilines is 1. The van der Waals surface area contributed by atoms with Crippen LogP contribution in [-0.4, -0.2) is 17.0 Å². The quantitative estimate of drug-likeness (QED) is 0.712. The monoisotopic (exact) mass is 373 g/mol. The van der Waals surface area contributed by atoms with E-state index in [2.05, 4.69) is 43.4 Å². The molecule has 0 radical (unpaired) electrons. The molecule has 1 aromatic carbocycles. The molecule has 3 aliphatic rings. The molecule has 3 unspecified atom stereocenters. The molecule has 0 spiro atoms. The lowest BCUT2D eigenvalue weighted by Gasteiger charge is -2.25. The highest BCUT2D eigenvalue weighted by Gasteiger charge is 2.36. The zero-order valence-electron chi connectivity index (χ0n) is 17.4. The maximum absolute atomic E-state index is 5.22. The number of allylic oxidation sites excluding steroid dienone is 2. The van der Waals surface area contributed by atoms with Crippen LogP contribution in [-0.2, 0) is 19.3 Å². The lowest BCUT2D eigenvalue weighted by molar-refractivity contribution is 0.346. The summed E-state index contributed by atoms with van der Waals surface area (Å²) in [4.78, 5) is 10.2. The van der Waals surface area contributed by atoms with Crippen LogP contribution in [0.4, 0.5) is 5.82 Å². The van der Waals surface area contributed by atoms with Crippen LogP contribution in [0, 0.1) is 17.8 Å². The van der Waals surface area contributed by atoms with Crippen LogP contribution >= 0.6 is 0 Å². The first-order chi connectivity index (χ1) is 13.6. The third-order valence-electron chi connectivity index (χ3n) is 7.02. The van der Waals surface area contributed by atoms with E-state index in [4.69, 9.17) is 9.97 Å². The number of nitrogens with one attached hydrogen (secondary N) is 1. The Morgan fingerprint density at radius 3 is 2.79 bits per heavy atom. The number of aryl methyl sites for hydroxylation is 2. The van der Waals surface area contributed by atoms with Gasteiger partial charge in [-0.25, -0.2) is 9.97 Å². The summed E-state index contributed by atoms with van der Waals surface area (Å²) < 4.78 is 0. The average Bonchev–Trinajstić information content (AvgIpc) is 3.45. The van der Waals surface area contributed by atoms with Gasteiger partial charge in [0.05, 0.1) is 17.1 Å². The molecule has 1 fully saturated rings. The first kappa shape index (κ1) is 17.9. The Bertz CT molecular complexity index is 943. The minimum absolute atomic E-state index is 0.712. The van der Waals surface area contributed by atoms with Crippen molar-refractivity contribution in [2.24, 2.45) is 17.8 Å². The Morgan fingerprint density at radius 1 is 1.07 bits per heavy atom. The number of fused-ring (bicyclic) bond motifs is 4. The maximum Gasteiger partial charge on any atom is 0.147 e. The van der Waals surface area contributed by atoms with Crippen LogP contribution in [0.15, 0.2) is 35.4 Å². The molecule has 3 aliphatic carbocycles. The third kappa shape index (κ3) is 3.25. The molecule has 1 heterocycles. The Kier molecular flexibility index (Phi) is 4.49. The van der Waals surface area contributed by atoms with Gasteiger partial charge in [-0.3, -0.25) is 0 Å². The SMILES string of the molecule is CNc1nc2c(nc1CC1CC(C)C/C(C)=C3\CC3C1)-c1ccccc1CC2. The summed E-state index contributed by atoms with van der Waals surface area (Å²) in [7, 11) is 1.99. The molecule has 1 aromatic heterocycles. The van der Waals surface area contributed by atoms with E-state index in [1.807, 2.05) is 7.05 Å². The summed E-state index contributed by atoms with van der Waals surface area (Å²) in [5, 5.41) is 3.34. The van der Waals surface area contributed by atoms with Gasteiger partial charge in [0.25, 0.3) is 0 Å². The van der Waals surface area contributed by atoms with Gasteiger partial charge in [0, 0.05) is 12.6 Å². The van der Waals surface area contributed by atoms with E-state index in [1.54, 1.807) is 11.1 Å². The van der Waals surface area contributed by atoms with Gasteiger partial charge < -0.3 is 5.32 Å². The lowest BCUT2D eigenvalue weighted by atomic mass is 9.83. The Balaban J connectivity index is 1.47. The first-order valence-electron chi connectivity index (χ1n) is 11.0. The topological polar surface area (TPSA) is 37.8 Å². The molecule has 0 aliphatic heterocycles. The van der Waals surface area contributed by atoms with Gasteiger partial charge in [-0.1, -0.05) is 42.3 Å². The Morgan fingerprint density at radius 2 is 1.93 bits per heavy atom. The fourth-order valence-corrected chi connectivity index (χ4v) is 5.66. The van der Waals surface area contributed by atoms with Gasteiger partial charge in [0.1, 0.15) is 5.82 Å². The third-order valence-corrected chi connectivity index (χ3v) is 7.02. The molecule has 3 nitrogen and oxygen atoms in total. The second-order valence-electron chi connectivity index (χ2n) is 9.28. The predicted octanol–water partition coefficient (Wildman–Crippen LogP) is 5.60. The molecule has 1 N–H and O–H groups in total. The molecule has 28 heavy (non-hydrogen) atoms.